The van der Waals surface area contributed by atoms with Crippen LogP contribution in [0.5, 0.6) is 0 Å². The second-order valence-corrected chi connectivity index (χ2v) is 5.64. The van der Waals surface area contributed by atoms with Gasteiger partial charge in [-0.3, -0.25) is 0 Å². The summed E-state index contributed by atoms with van der Waals surface area (Å²) in [6.07, 6.45) is 5.84. The summed E-state index contributed by atoms with van der Waals surface area (Å²) in [7, 11) is 0. The zero-order valence-electron chi connectivity index (χ0n) is 8.16. The maximum absolute atomic E-state index is 4.66. The van der Waals surface area contributed by atoms with Gasteiger partial charge in [0.05, 0.1) is 0 Å². The van der Waals surface area contributed by atoms with Crippen molar-refractivity contribution in [1.29, 1.82) is 0 Å². The third-order valence-corrected chi connectivity index (χ3v) is 4.56. The van der Waals surface area contributed by atoms with Crippen molar-refractivity contribution in [3.63, 3.8) is 0 Å². The van der Waals surface area contributed by atoms with Crippen LogP contribution in [0.2, 0.25) is 0 Å². The van der Waals surface area contributed by atoms with Gasteiger partial charge in [-0.2, -0.15) is 12.6 Å². The fourth-order valence-corrected chi connectivity index (χ4v) is 3.60. The Labute approximate surface area is 81.5 Å². The number of hydrogen-bond acceptors (Lipinski definition) is 1. The molecule has 0 saturated heterocycles. The molecule has 2 aliphatic rings. The SMILES string of the molecule is CC(C)C1CC(S)C1C1CCC1. The van der Waals surface area contributed by atoms with Crippen molar-refractivity contribution in [1.82, 2.24) is 0 Å². The van der Waals surface area contributed by atoms with Gasteiger partial charge in [0, 0.05) is 5.25 Å². The van der Waals surface area contributed by atoms with Crippen LogP contribution in [0.25, 0.3) is 0 Å². The molecule has 0 spiro atoms. The highest BCUT2D eigenvalue weighted by Gasteiger charge is 2.46. The fourth-order valence-electron chi connectivity index (χ4n) is 2.89. The second kappa shape index (κ2) is 3.25. The Morgan fingerprint density at radius 1 is 1.25 bits per heavy atom. The molecule has 1 heteroatoms. The Hall–Kier alpha value is 0.350. The van der Waals surface area contributed by atoms with E-state index in [0.29, 0.717) is 0 Å². The number of hydrogen-bond donors (Lipinski definition) is 1. The Balaban J connectivity index is 1.92. The molecule has 12 heavy (non-hydrogen) atoms. The van der Waals surface area contributed by atoms with Crippen molar-refractivity contribution in [3.8, 4) is 0 Å². The van der Waals surface area contributed by atoms with Crippen LogP contribution in [0.1, 0.15) is 39.5 Å². The van der Waals surface area contributed by atoms with Gasteiger partial charge in [-0.1, -0.05) is 33.1 Å². The third kappa shape index (κ3) is 1.30. The summed E-state index contributed by atoms with van der Waals surface area (Å²) in [5.74, 6) is 3.91. The molecule has 0 aromatic rings. The van der Waals surface area contributed by atoms with E-state index in [-0.39, 0.29) is 0 Å². The van der Waals surface area contributed by atoms with Crippen LogP contribution in [0, 0.1) is 23.7 Å². The average molecular weight is 184 g/mol. The normalized spacial score (nSPS) is 42.5. The predicted molar refractivity (Wildman–Crippen MR) is 56.6 cm³/mol. The summed E-state index contributed by atoms with van der Waals surface area (Å²) >= 11 is 4.66. The summed E-state index contributed by atoms with van der Waals surface area (Å²) in [6.45, 7) is 4.74. The van der Waals surface area contributed by atoms with E-state index >= 15 is 0 Å². The lowest BCUT2D eigenvalue weighted by Crippen LogP contribution is -2.47. The molecule has 3 atom stereocenters. The highest BCUT2D eigenvalue weighted by atomic mass is 32.1. The van der Waals surface area contributed by atoms with Gasteiger partial charge in [0.25, 0.3) is 0 Å². The smallest absolute Gasteiger partial charge is 0.00533 e. The van der Waals surface area contributed by atoms with Crippen LogP contribution in [0.15, 0.2) is 0 Å². The predicted octanol–water partition coefficient (Wildman–Crippen LogP) is 3.38. The minimum Gasteiger partial charge on any atom is -0.176 e. The maximum atomic E-state index is 4.66. The van der Waals surface area contributed by atoms with Crippen LogP contribution < -0.4 is 0 Å². The van der Waals surface area contributed by atoms with Gasteiger partial charge in [0.1, 0.15) is 0 Å². The van der Waals surface area contributed by atoms with Gasteiger partial charge in [-0.05, 0) is 30.1 Å². The van der Waals surface area contributed by atoms with E-state index in [2.05, 4.69) is 26.5 Å². The minimum absolute atomic E-state index is 0.739. The van der Waals surface area contributed by atoms with E-state index in [1.807, 2.05) is 0 Å². The fraction of sp³-hybridized carbons (Fsp3) is 1.00. The van der Waals surface area contributed by atoms with E-state index in [1.54, 1.807) is 0 Å². The topological polar surface area (TPSA) is 0 Å². The average Bonchev–Trinajstić information content (AvgIpc) is 1.90. The lowest BCUT2D eigenvalue weighted by molar-refractivity contribution is 0.0363. The summed E-state index contributed by atoms with van der Waals surface area (Å²) in [4.78, 5) is 0. The van der Waals surface area contributed by atoms with Crippen LogP contribution in [-0.4, -0.2) is 5.25 Å². The van der Waals surface area contributed by atoms with Crippen LogP contribution in [0.3, 0.4) is 0 Å². The molecule has 0 aromatic carbocycles. The van der Waals surface area contributed by atoms with Gasteiger partial charge in [-0.15, -0.1) is 0 Å². The quantitative estimate of drug-likeness (QED) is 0.625. The van der Waals surface area contributed by atoms with E-state index < -0.39 is 0 Å². The molecule has 2 rings (SSSR count). The molecule has 0 N–H and O–H groups in total. The highest BCUT2D eigenvalue weighted by molar-refractivity contribution is 7.81. The number of rotatable bonds is 2. The monoisotopic (exact) mass is 184 g/mol. The van der Waals surface area contributed by atoms with Gasteiger partial charge < -0.3 is 0 Å². The largest absolute Gasteiger partial charge is 0.176 e. The Bertz CT molecular complexity index is 160. The van der Waals surface area contributed by atoms with Gasteiger partial charge in [-0.25, -0.2) is 0 Å². The zero-order chi connectivity index (χ0) is 8.72. The maximum Gasteiger partial charge on any atom is 0.00533 e. The Kier molecular flexibility index (Phi) is 2.42. The van der Waals surface area contributed by atoms with Crippen molar-refractivity contribution < 1.29 is 0 Å². The van der Waals surface area contributed by atoms with E-state index in [0.717, 1.165) is 28.9 Å². The van der Waals surface area contributed by atoms with Gasteiger partial charge in [0.15, 0.2) is 0 Å². The van der Waals surface area contributed by atoms with Crippen LogP contribution >= 0.6 is 12.6 Å². The van der Waals surface area contributed by atoms with E-state index in [1.165, 1.54) is 25.7 Å². The molecule has 0 aromatic heterocycles. The molecular formula is C11H20S. The molecule has 2 aliphatic carbocycles. The lowest BCUT2D eigenvalue weighted by atomic mass is 9.57. The summed E-state index contributed by atoms with van der Waals surface area (Å²) in [5, 5.41) is 0.739. The van der Waals surface area contributed by atoms with Crippen molar-refractivity contribution in [2.45, 2.75) is 44.8 Å². The first-order valence-electron chi connectivity index (χ1n) is 5.38. The molecular weight excluding hydrogens is 164 g/mol. The van der Waals surface area contributed by atoms with Crippen molar-refractivity contribution in [3.05, 3.63) is 0 Å². The molecule has 2 saturated carbocycles. The van der Waals surface area contributed by atoms with Gasteiger partial charge in [0.2, 0.25) is 0 Å². The van der Waals surface area contributed by atoms with E-state index in [4.69, 9.17) is 0 Å². The molecule has 70 valence electrons. The summed E-state index contributed by atoms with van der Waals surface area (Å²) in [5.41, 5.74) is 0. The summed E-state index contributed by atoms with van der Waals surface area (Å²) in [6, 6.07) is 0. The molecule has 2 fully saturated rings. The van der Waals surface area contributed by atoms with Crippen molar-refractivity contribution in [2.24, 2.45) is 23.7 Å². The minimum atomic E-state index is 0.739. The molecule has 3 unspecified atom stereocenters. The number of thiol groups is 1. The first-order chi connectivity index (χ1) is 5.70. The standard InChI is InChI=1S/C11H20S/c1-7(2)9-6-10(12)11(9)8-4-3-5-8/h7-12H,3-6H2,1-2H3. The Morgan fingerprint density at radius 2 is 1.92 bits per heavy atom. The first kappa shape index (κ1) is 8.93. The highest BCUT2D eigenvalue weighted by Crippen LogP contribution is 2.52. The molecule has 0 nitrogen and oxygen atoms in total. The van der Waals surface area contributed by atoms with Gasteiger partial charge >= 0.3 is 0 Å². The Morgan fingerprint density at radius 3 is 2.25 bits per heavy atom. The summed E-state index contributed by atoms with van der Waals surface area (Å²) < 4.78 is 0. The molecule has 0 radical (unpaired) electrons. The first-order valence-corrected chi connectivity index (χ1v) is 5.90. The van der Waals surface area contributed by atoms with E-state index in [9.17, 15) is 0 Å². The molecule has 0 heterocycles. The van der Waals surface area contributed by atoms with Crippen LogP contribution in [0.4, 0.5) is 0 Å². The molecule has 0 aliphatic heterocycles. The lowest BCUT2D eigenvalue weighted by Gasteiger charge is -2.51. The van der Waals surface area contributed by atoms with Crippen molar-refractivity contribution in [2.75, 3.05) is 0 Å². The molecule has 0 amide bonds. The van der Waals surface area contributed by atoms with Crippen molar-refractivity contribution >= 4 is 12.6 Å². The zero-order valence-corrected chi connectivity index (χ0v) is 9.06. The second-order valence-electron chi connectivity index (χ2n) is 4.98. The van der Waals surface area contributed by atoms with Crippen LogP contribution in [-0.2, 0) is 0 Å². The third-order valence-electron chi connectivity index (χ3n) is 4.00. The molecule has 0 bridgehead atoms.